The van der Waals surface area contributed by atoms with Crippen molar-refractivity contribution in [1.29, 1.82) is 0 Å². The number of benzene rings is 1. The van der Waals surface area contributed by atoms with Crippen molar-refractivity contribution >= 4 is 39.7 Å². The molecule has 2 unspecified atom stereocenters. The van der Waals surface area contributed by atoms with Crippen molar-refractivity contribution in [2.45, 2.75) is 44.3 Å². The normalized spacial score (nSPS) is 21.9. The number of methoxy groups -OCH3 is 1. The SMILES string of the molecule is COc1cc(C(=O)N2CC3CCC2[C@@H]3N)cc2nc(-c3cc4ccc(-c5cnc6c(c5)OCC(=O)N6)nc4n3CC3CC3)n(C)c12. The summed E-state index contributed by atoms with van der Waals surface area (Å²) in [4.78, 5) is 42.0. The summed E-state index contributed by atoms with van der Waals surface area (Å²) in [7, 11) is 3.62. The van der Waals surface area contributed by atoms with Crippen LogP contribution in [0.3, 0.4) is 0 Å². The Morgan fingerprint density at radius 1 is 1.13 bits per heavy atom. The highest BCUT2D eigenvalue weighted by Gasteiger charge is 2.47. The summed E-state index contributed by atoms with van der Waals surface area (Å²) in [5, 5.41) is 3.74. The lowest BCUT2D eigenvalue weighted by atomic mass is 10.1. The number of nitrogens with zero attached hydrogens (tertiary/aromatic N) is 6. The smallest absolute Gasteiger partial charge is 0.263 e. The maximum atomic E-state index is 13.7. The van der Waals surface area contributed by atoms with Crippen LogP contribution in [0.15, 0.2) is 42.6 Å². The molecule has 2 bridgehead atoms. The number of aryl methyl sites for hydroxylation is 1. The summed E-state index contributed by atoms with van der Waals surface area (Å²) in [5.41, 5.74) is 11.9. The largest absolute Gasteiger partial charge is 0.494 e. The van der Waals surface area contributed by atoms with Crippen molar-refractivity contribution in [3.63, 3.8) is 0 Å². The minimum atomic E-state index is -0.219. The van der Waals surface area contributed by atoms with Gasteiger partial charge in [0.1, 0.15) is 16.9 Å². The van der Waals surface area contributed by atoms with Crippen molar-refractivity contribution in [2.24, 2.45) is 24.6 Å². The number of imidazole rings is 1. The number of nitrogens with two attached hydrogens (primary N) is 1. The van der Waals surface area contributed by atoms with Gasteiger partial charge >= 0.3 is 0 Å². The molecule has 2 aliphatic heterocycles. The van der Waals surface area contributed by atoms with Gasteiger partial charge in [-0.1, -0.05) is 0 Å². The zero-order valence-electron chi connectivity index (χ0n) is 25.7. The number of pyridine rings is 2. The van der Waals surface area contributed by atoms with Crippen LogP contribution in [-0.4, -0.2) is 73.1 Å². The monoisotopic (exact) mass is 618 g/mol. The van der Waals surface area contributed by atoms with E-state index in [2.05, 4.69) is 27.0 Å². The lowest BCUT2D eigenvalue weighted by Crippen LogP contribution is -2.41. The molecule has 9 rings (SSSR count). The van der Waals surface area contributed by atoms with Crippen molar-refractivity contribution in [3.8, 4) is 34.3 Å². The number of nitrogens with one attached hydrogen (secondary N) is 1. The topological polar surface area (TPSA) is 142 Å². The quantitative estimate of drug-likeness (QED) is 0.291. The van der Waals surface area contributed by atoms with Crippen LogP contribution in [0.4, 0.5) is 5.82 Å². The molecule has 3 fully saturated rings. The minimum Gasteiger partial charge on any atom is -0.494 e. The average Bonchev–Trinajstić information content (AvgIpc) is 3.47. The van der Waals surface area contributed by atoms with Gasteiger partial charge in [0.25, 0.3) is 11.8 Å². The molecule has 3 N–H and O–H groups in total. The molecule has 2 amide bonds. The van der Waals surface area contributed by atoms with E-state index in [1.54, 1.807) is 13.3 Å². The van der Waals surface area contributed by atoms with Gasteiger partial charge in [0, 0.05) is 54.9 Å². The maximum absolute atomic E-state index is 13.7. The van der Waals surface area contributed by atoms with E-state index in [4.69, 9.17) is 25.2 Å². The van der Waals surface area contributed by atoms with Crippen LogP contribution < -0.4 is 20.5 Å². The van der Waals surface area contributed by atoms with Gasteiger partial charge in [-0.2, -0.15) is 0 Å². The van der Waals surface area contributed by atoms with Gasteiger partial charge in [-0.25, -0.2) is 15.0 Å². The molecular formula is C34H34N8O4. The molecule has 2 saturated carbocycles. The summed E-state index contributed by atoms with van der Waals surface area (Å²) in [6.45, 7) is 1.50. The van der Waals surface area contributed by atoms with Crippen molar-refractivity contribution in [3.05, 3.63) is 48.2 Å². The van der Waals surface area contributed by atoms with E-state index in [1.807, 2.05) is 40.8 Å². The van der Waals surface area contributed by atoms with Gasteiger partial charge in [-0.15, -0.1) is 0 Å². The predicted octanol–water partition coefficient (Wildman–Crippen LogP) is 3.96. The fourth-order valence-electron chi connectivity index (χ4n) is 7.58. The molecule has 4 aromatic heterocycles. The number of rotatable bonds is 6. The highest BCUT2D eigenvalue weighted by molar-refractivity contribution is 6.00. The first-order chi connectivity index (χ1) is 22.4. The molecule has 12 nitrogen and oxygen atoms in total. The Morgan fingerprint density at radius 2 is 2.00 bits per heavy atom. The Kier molecular flexibility index (Phi) is 5.95. The van der Waals surface area contributed by atoms with E-state index in [0.717, 1.165) is 58.7 Å². The highest BCUT2D eigenvalue weighted by Crippen LogP contribution is 2.40. The van der Waals surface area contributed by atoms with E-state index in [-0.39, 0.29) is 30.5 Å². The maximum Gasteiger partial charge on any atom is 0.263 e. The molecule has 234 valence electrons. The van der Waals surface area contributed by atoms with Crippen LogP contribution in [-0.2, 0) is 18.4 Å². The third-order valence-corrected chi connectivity index (χ3v) is 10.2. The van der Waals surface area contributed by atoms with Crippen molar-refractivity contribution in [2.75, 3.05) is 25.6 Å². The molecule has 0 spiro atoms. The molecule has 5 aromatic rings. The number of carbonyl (C=O) groups is 2. The van der Waals surface area contributed by atoms with Gasteiger partial charge in [0.2, 0.25) is 0 Å². The van der Waals surface area contributed by atoms with Gasteiger partial charge in [0.05, 0.1) is 24.0 Å². The Labute approximate surface area is 264 Å². The fourth-order valence-corrected chi connectivity index (χ4v) is 7.58. The molecule has 6 heterocycles. The van der Waals surface area contributed by atoms with E-state index in [9.17, 15) is 9.59 Å². The number of amides is 2. The Balaban J connectivity index is 1.13. The summed E-state index contributed by atoms with van der Waals surface area (Å²) < 4.78 is 15.8. The summed E-state index contributed by atoms with van der Waals surface area (Å²) in [6.07, 6.45) is 6.11. The zero-order valence-corrected chi connectivity index (χ0v) is 25.7. The number of ether oxygens (including phenoxy) is 2. The second-order valence-corrected chi connectivity index (χ2v) is 13.1. The Bertz CT molecular complexity index is 2100. The number of hydrogen-bond donors (Lipinski definition) is 2. The van der Waals surface area contributed by atoms with Gasteiger partial charge in [-0.3, -0.25) is 9.59 Å². The molecule has 12 heteroatoms. The minimum absolute atomic E-state index is 0.0147. The number of hydrogen-bond acceptors (Lipinski definition) is 8. The average molecular weight is 619 g/mol. The highest BCUT2D eigenvalue weighted by atomic mass is 16.5. The van der Waals surface area contributed by atoms with Gasteiger partial charge in [-0.05, 0) is 73.9 Å². The van der Waals surface area contributed by atoms with Crippen LogP contribution in [0.1, 0.15) is 36.0 Å². The molecule has 2 aliphatic carbocycles. The van der Waals surface area contributed by atoms with E-state index < -0.39 is 0 Å². The number of aromatic nitrogens is 5. The summed E-state index contributed by atoms with van der Waals surface area (Å²) in [5.74, 6) is 3.06. The second-order valence-electron chi connectivity index (χ2n) is 13.1. The molecule has 1 saturated heterocycles. The van der Waals surface area contributed by atoms with E-state index in [1.165, 1.54) is 12.8 Å². The lowest BCUT2D eigenvalue weighted by molar-refractivity contribution is -0.118. The molecule has 1 aromatic carbocycles. The van der Waals surface area contributed by atoms with Crippen LogP contribution >= 0.6 is 0 Å². The first-order valence-corrected chi connectivity index (χ1v) is 15.9. The number of anilines is 1. The van der Waals surface area contributed by atoms with Gasteiger partial charge < -0.3 is 34.6 Å². The first-order valence-electron chi connectivity index (χ1n) is 15.9. The summed E-state index contributed by atoms with van der Waals surface area (Å²) in [6, 6.07) is 11.9. The Hall–Kier alpha value is -4.97. The third-order valence-electron chi connectivity index (χ3n) is 10.2. The number of carbonyl (C=O) groups excluding carboxylic acids is 2. The number of piperidine rings is 1. The second kappa shape index (κ2) is 10.0. The molecule has 46 heavy (non-hydrogen) atoms. The third kappa shape index (κ3) is 4.19. The summed E-state index contributed by atoms with van der Waals surface area (Å²) >= 11 is 0. The van der Waals surface area contributed by atoms with Crippen molar-refractivity contribution in [1.82, 2.24) is 29.0 Å². The molecular weight excluding hydrogens is 584 g/mol. The number of likely N-dealkylation sites (tertiary alicyclic amines) is 1. The molecule has 4 aliphatic rings. The van der Waals surface area contributed by atoms with E-state index >= 15 is 0 Å². The van der Waals surface area contributed by atoms with Crippen LogP contribution in [0.5, 0.6) is 11.5 Å². The predicted molar refractivity (Wildman–Crippen MR) is 172 cm³/mol. The van der Waals surface area contributed by atoms with Gasteiger partial charge in [0.15, 0.2) is 24.0 Å². The Morgan fingerprint density at radius 3 is 2.76 bits per heavy atom. The molecule has 0 radical (unpaired) electrons. The lowest BCUT2D eigenvalue weighted by Gasteiger charge is -2.27. The van der Waals surface area contributed by atoms with E-state index in [0.29, 0.717) is 46.8 Å². The van der Waals surface area contributed by atoms with Crippen LogP contribution in [0.25, 0.3) is 44.8 Å². The van der Waals surface area contributed by atoms with Crippen LogP contribution in [0.2, 0.25) is 0 Å². The van der Waals surface area contributed by atoms with Crippen LogP contribution in [0, 0.1) is 11.8 Å². The zero-order chi connectivity index (χ0) is 31.3. The standard InChI is InChI=1S/C34H34N8O4/c1-40-30-23(9-20(11-26(30)45-2)34(44)42-15-19-6-8-24(42)29(19)35)38-33(40)25-10-18-5-7-22(37-32(18)41(25)14-17-3-4-17)21-12-27-31(36-13-21)39-28(43)16-46-27/h5,7,9-13,17,19,24,29H,3-4,6,8,14-16,35H2,1-2H3,(H,36,39,43)/t19?,24?,29-/m1/s1. The number of fused-ring (bicyclic) bond motifs is 5. The van der Waals surface area contributed by atoms with Crippen molar-refractivity contribution < 1.29 is 19.1 Å². The fraction of sp³-hybridized carbons (Fsp3) is 0.382. The molecule has 3 atom stereocenters. The first kappa shape index (κ1) is 27.3.